The van der Waals surface area contributed by atoms with Crippen molar-refractivity contribution >= 4 is 14.1 Å². The zero-order valence-electron chi connectivity index (χ0n) is 9.20. The molecule has 11 heteroatoms. The molecular formula is C7H14O10P-. The maximum atomic E-state index is 10.4. The van der Waals surface area contributed by atoms with Crippen molar-refractivity contribution in [3.63, 3.8) is 0 Å². The average Bonchev–Trinajstić information content (AvgIpc) is 2.22. The molecule has 0 radical (unpaired) electrons. The molecule has 0 heterocycles. The Labute approximate surface area is 102 Å². The Hall–Kier alpha value is -0.420. The molecule has 6 N–H and O–H groups in total. The fourth-order valence-electron chi connectivity index (χ4n) is 0.985. The lowest BCUT2D eigenvalue weighted by atomic mass is 9.89. The summed E-state index contributed by atoms with van der Waals surface area (Å²) in [5.41, 5.74) is -2.58. The van der Waals surface area contributed by atoms with Crippen molar-refractivity contribution in [1.82, 2.24) is 0 Å². The van der Waals surface area contributed by atoms with Gasteiger partial charge in [0, 0.05) is 0 Å². The Bertz CT molecular complexity index is 286. The quantitative estimate of drug-likeness (QED) is 0.248. The van der Waals surface area contributed by atoms with Gasteiger partial charge in [0.2, 0.25) is 0 Å². The molecule has 0 aliphatic carbocycles. The van der Waals surface area contributed by atoms with Gasteiger partial charge in [-0.05, 0) is 6.92 Å². The van der Waals surface area contributed by atoms with Gasteiger partial charge in [0.15, 0.2) is 14.3 Å². The van der Waals surface area contributed by atoms with Crippen molar-refractivity contribution in [2.24, 2.45) is 0 Å². The van der Waals surface area contributed by atoms with Crippen molar-refractivity contribution < 1.29 is 49.5 Å². The number of rotatable bonds is 7. The van der Waals surface area contributed by atoms with Crippen molar-refractivity contribution in [2.45, 2.75) is 30.8 Å². The predicted octanol–water partition coefficient (Wildman–Crippen LogP) is -4.69. The molecular weight excluding hydrogens is 275 g/mol. The second kappa shape index (κ2) is 6.15. The molecule has 0 bridgehead atoms. The maximum Gasteiger partial charge on any atom is 0.335 e. The van der Waals surface area contributed by atoms with Crippen LogP contribution < -0.4 is 9.79 Å². The van der Waals surface area contributed by atoms with Gasteiger partial charge < -0.3 is 35.3 Å². The number of aliphatic hydroxyl groups excluding tert-OH is 3. The Morgan fingerprint density at radius 2 is 1.83 bits per heavy atom. The van der Waals surface area contributed by atoms with Gasteiger partial charge in [-0.2, -0.15) is 0 Å². The molecule has 4 unspecified atom stereocenters. The van der Waals surface area contributed by atoms with E-state index in [1.165, 1.54) is 0 Å². The van der Waals surface area contributed by atoms with Gasteiger partial charge in [-0.15, -0.1) is 0 Å². The Morgan fingerprint density at radius 3 is 2.17 bits per heavy atom. The maximum absolute atomic E-state index is 10.4. The third-order valence-corrected chi connectivity index (χ3v) is 2.70. The van der Waals surface area contributed by atoms with Crippen LogP contribution >= 0.6 is 8.17 Å². The Balaban J connectivity index is 4.65. The van der Waals surface area contributed by atoms with E-state index in [2.05, 4.69) is 4.52 Å². The van der Waals surface area contributed by atoms with Crippen LogP contribution in [0.25, 0.3) is 0 Å². The number of carbonyl (C=O) groups is 1. The molecule has 0 saturated heterocycles. The summed E-state index contributed by atoms with van der Waals surface area (Å²) in [6.45, 7) is -0.376. The van der Waals surface area contributed by atoms with Crippen LogP contribution in [-0.4, -0.2) is 66.9 Å². The number of carboxylic acid groups (broad SMARTS) is 1. The molecule has 0 aromatic carbocycles. The monoisotopic (exact) mass is 289 g/mol. The van der Waals surface area contributed by atoms with Crippen LogP contribution in [-0.2, 0) is 9.32 Å². The van der Waals surface area contributed by atoms with Gasteiger partial charge in [0.25, 0.3) is 0 Å². The highest BCUT2D eigenvalue weighted by molar-refractivity contribution is 7.50. The largest absolute Gasteiger partial charge is 0.635 e. The topological polar surface area (TPSA) is 194 Å². The molecule has 0 aromatic rings. The van der Waals surface area contributed by atoms with Gasteiger partial charge in [0.1, 0.15) is 24.4 Å². The molecule has 4 atom stereocenters. The van der Waals surface area contributed by atoms with Gasteiger partial charge in [0.05, 0.1) is 0 Å². The second-order valence-corrected chi connectivity index (χ2v) is 4.93. The molecule has 108 valence electrons. The van der Waals surface area contributed by atoms with Crippen LogP contribution in [0.15, 0.2) is 0 Å². The number of hydrogen-bond donors (Lipinski definition) is 6. The van der Waals surface area contributed by atoms with E-state index in [4.69, 9.17) is 15.1 Å². The molecule has 10 nitrogen and oxygen atoms in total. The van der Waals surface area contributed by atoms with E-state index in [1.807, 2.05) is 0 Å². The summed E-state index contributed by atoms with van der Waals surface area (Å²) < 4.78 is 3.77. The van der Waals surface area contributed by atoms with Crippen LogP contribution in [0.5, 0.6) is 0 Å². The van der Waals surface area contributed by atoms with Gasteiger partial charge in [-0.25, -0.2) is 14.2 Å². The fourth-order valence-corrected chi connectivity index (χ4v) is 1.31. The first-order valence-corrected chi connectivity index (χ1v) is 6.07. The average molecular weight is 289 g/mol. The number of aliphatic carboxylic acids is 1. The fraction of sp³-hybridized carbons (Fsp3) is 0.857. The molecule has 0 saturated carbocycles. The number of phosphoric acid groups is 1. The molecule has 0 aliphatic rings. The molecule has 0 amide bonds. The third-order valence-electron chi connectivity index (χ3n) is 2.22. The van der Waals surface area contributed by atoms with E-state index in [9.17, 15) is 29.9 Å². The van der Waals surface area contributed by atoms with Crippen LogP contribution in [0.4, 0.5) is 0 Å². The standard InChI is InChI=1S/C7H15O10P/c1-7(13,5(10)4(9)6(11)12)3(8)2-17-18(14,15)16/h3-5,8-10,13H,2H2,1H3,(H,11,12)(H2,14,15,16)/p-1. The first-order chi connectivity index (χ1) is 7.89. The molecule has 0 spiro atoms. The van der Waals surface area contributed by atoms with Crippen molar-refractivity contribution in [3.05, 3.63) is 0 Å². The van der Waals surface area contributed by atoms with Gasteiger partial charge >= 0.3 is 5.97 Å². The van der Waals surface area contributed by atoms with E-state index in [1.54, 1.807) is 0 Å². The van der Waals surface area contributed by atoms with Crippen LogP contribution in [0.2, 0.25) is 0 Å². The van der Waals surface area contributed by atoms with E-state index in [0.29, 0.717) is 0 Å². The summed E-state index contributed by atoms with van der Waals surface area (Å²) in [7, 11) is -5.14. The zero-order chi connectivity index (χ0) is 14.7. The van der Waals surface area contributed by atoms with Crippen molar-refractivity contribution in [3.8, 4) is 0 Å². The summed E-state index contributed by atoms with van der Waals surface area (Å²) in [6, 6.07) is 0. The number of phosphoric ester groups is 1. The van der Waals surface area contributed by atoms with Crippen molar-refractivity contribution in [1.29, 1.82) is 0 Å². The zero-order valence-corrected chi connectivity index (χ0v) is 10.1. The molecule has 0 rings (SSSR count). The first-order valence-electron chi connectivity index (χ1n) is 4.57. The minimum atomic E-state index is -5.14. The summed E-state index contributed by atoms with van der Waals surface area (Å²) in [5.74, 6) is -1.85. The van der Waals surface area contributed by atoms with Crippen LogP contribution in [0.3, 0.4) is 0 Å². The summed E-state index contributed by atoms with van der Waals surface area (Å²) in [4.78, 5) is 39.1. The lowest BCUT2D eigenvalue weighted by Crippen LogP contribution is -2.57. The van der Waals surface area contributed by atoms with E-state index < -0.39 is 44.7 Å². The minimum absolute atomic E-state index is 0.755. The predicted molar refractivity (Wildman–Crippen MR) is 51.4 cm³/mol. The first kappa shape index (κ1) is 17.6. The lowest BCUT2D eigenvalue weighted by Gasteiger charge is -2.35. The van der Waals surface area contributed by atoms with Crippen LogP contribution in [0, 0.1) is 0 Å². The lowest BCUT2D eigenvalue weighted by molar-refractivity contribution is -0.363. The van der Waals surface area contributed by atoms with Crippen LogP contribution in [0.1, 0.15) is 6.92 Å². The van der Waals surface area contributed by atoms with Gasteiger partial charge in [-0.1, -0.05) is 0 Å². The highest BCUT2D eigenvalue weighted by Crippen LogP contribution is 2.35. The molecule has 0 aliphatic heterocycles. The van der Waals surface area contributed by atoms with Gasteiger partial charge in [-0.3, -0.25) is 0 Å². The Morgan fingerprint density at radius 1 is 1.39 bits per heavy atom. The number of aliphatic hydroxyl groups is 4. The summed E-state index contributed by atoms with van der Waals surface area (Å²) in [5, 5.41) is 45.6. The normalized spacial score (nSPS) is 20.9. The summed E-state index contributed by atoms with van der Waals surface area (Å²) in [6.07, 6.45) is -6.78. The third kappa shape index (κ3) is 5.06. The van der Waals surface area contributed by atoms with E-state index in [-0.39, 0.29) is 0 Å². The van der Waals surface area contributed by atoms with E-state index in [0.717, 1.165) is 6.92 Å². The number of carboxylic acids is 1. The summed E-state index contributed by atoms with van der Waals surface area (Å²) >= 11 is 0. The number of hydrogen-bond acceptors (Lipinski definition) is 9. The van der Waals surface area contributed by atoms with Crippen molar-refractivity contribution in [2.75, 3.05) is 6.61 Å². The highest BCUT2D eigenvalue weighted by atomic mass is 31.2. The van der Waals surface area contributed by atoms with E-state index >= 15 is 0 Å². The molecule has 0 aromatic heterocycles. The highest BCUT2D eigenvalue weighted by Gasteiger charge is 2.45. The smallest absolute Gasteiger partial charge is 0.335 e. The Kier molecular flexibility index (Phi) is 6.01. The SMILES string of the molecule is CC(O)(C(O)CO[P+]([O-])([O-])O)C(O)C(O)C(=O)O. The second-order valence-electron chi connectivity index (χ2n) is 3.73. The minimum Gasteiger partial charge on any atom is -0.635 e. The molecule has 18 heavy (non-hydrogen) atoms. The molecule has 0 fully saturated rings.